The highest BCUT2D eigenvalue weighted by molar-refractivity contribution is 7.90. The van der Waals surface area contributed by atoms with Gasteiger partial charge in [-0.3, -0.25) is 0 Å². The molecule has 0 unspecified atom stereocenters. The van der Waals surface area contributed by atoms with Gasteiger partial charge >= 0.3 is 0 Å². The van der Waals surface area contributed by atoms with Crippen molar-refractivity contribution < 1.29 is 8.42 Å². The predicted molar refractivity (Wildman–Crippen MR) is 52.0 cm³/mol. The molecular weight excluding hydrogens is 174 g/mol. The van der Waals surface area contributed by atoms with E-state index in [-0.39, 0.29) is 5.75 Å². The minimum Gasteiger partial charge on any atom is -0.319 e. The van der Waals surface area contributed by atoms with Crippen LogP contribution in [0, 0.1) is 0 Å². The molecule has 0 aromatic rings. The molecule has 0 atom stereocenters. The summed E-state index contributed by atoms with van der Waals surface area (Å²) in [5.74, 6) is 0.253. The summed E-state index contributed by atoms with van der Waals surface area (Å²) < 4.78 is 21.3. The number of allylic oxidation sites excluding steroid dienone is 1. The van der Waals surface area contributed by atoms with Gasteiger partial charge in [-0.25, -0.2) is 8.42 Å². The highest BCUT2D eigenvalue weighted by atomic mass is 32.2. The predicted octanol–water partition coefficient (Wildman–Crippen LogP) is 0.587. The average molecular weight is 191 g/mol. The standard InChI is InChI=1S/C8H17NO2S/c1-9-7-5-3-4-6-8-12(2,10)11/h3-4,9H,5-8H2,1-2H3. The van der Waals surface area contributed by atoms with Gasteiger partial charge in [0.15, 0.2) is 0 Å². The SMILES string of the molecule is CNCCC=CCCS(C)(=O)=O. The molecule has 0 rings (SSSR count). The van der Waals surface area contributed by atoms with E-state index >= 15 is 0 Å². The van der Waals surface area contributed by atoms with E-state index in [2.05, 4.69) is 5.32 Å². The first-order valence-corrected chi connectivity index (χ1v) is 6.09. The highest BCUT2D eigenvalue weighted by Crippen LogP contribution is 1.91. The molecule has 0 fully saturated rings. The molecule has 1 N–H and O–H groups in total. The summed E-state index contributed by atoms with van der Waals surface area (Å²) >= 11 is 0. The molecule has 0 saturated heterocycles. The first kappa shape index (κ1) is 11.6. The lowest BCUT2D eigenvalue weighted by Gasteiger charge is -1.93. The fourth-order valence-electron chi connectivity index (χ4n) is 0.745. The molecule has 0 amide bonds. The Kier molecular flexibility index (Phi) is 6.02. The van der Waals surface area contributed by atoms with Crippen LogP contribution in [0.15, 0.2) is 12.2 Å². The Hall–Kier alpha value is -0.350. The topological polar surface area (TPSA) is 46.2 Å². The fraction of sp³-hybridized carbons (Fsp3) is 0.750. The number of sulfone groups is 1. The maximum atomic E-state index is 10.7. The van der Waals surface area contributed by atoms with Crippen molar-refractivity contribution in [1.82, 2.24) is 5.32 Å². The molecular formula is C8H17NO2S. The van der Waals surface area contributed by atoms with Crippen molar-refractivity contribution in [3.8, 4) is 0 Å². The Labute approximate surface area is 74.8 Å². The van der Waals surface area contributed by atoms with E-state index in [4.69, 9.17) is 0 Å². The van der Waals surface area contributed by atoms with Crippen molar-refractivity contribution in [2.75, 3.05) is 25.6 Å². The molecule has 72 valence electrons. The zero-order valence-electron chi connectivity index (χ0n) is 7.71. The van der Waals surface area contributed by atoms with Gasteiger partial charge in [-0.2, -0.15) is 0 Å². The van der Waals surface area contributed by atoms with Gasteiger partial charge < -0.3 is 5.32 Å². The van der Waals surface area contributed by atoms with E-state index in [1.807, 2.05) is 19.2 Å². The largest absolute Gasteiger partial charge is 0.319 e. The summed E-state index contributed by atoms with van der Waals surface area (Å²) in [4.78, 5) is 0. The maximum Gasteiger partial charge on any atom is 0.147 e. The molecule has 0 heterocycles. The molecule has 0 bridgehead atoms. The van der Waals surface area contributed by atoms with E-state index in [1.54, 1.807) is 0 Å². The van der Waals surface area contributed by atoms with Gasteiger partial charge in [-0.1, -0.05) is 12.2 Å². The van der Waals surface area contributed by atoms with Crippen LogP contribution in [0.2, 0.25) is 0 Å². The molecule has 0 aliphatic rings. The summed E-state index contributed by atoms with van der Waals surface area (Å²) in [5, 5.41) is 3.01. The van der Waals surface area contributed by atoms with Crippen LogP contribution in [-0.2, 0) is 9.84 Å². The summed E-state index contributed by atoms with van der Waals surface area (Å²) in [6.45, 7) is 0.940. The minimum atomic E-state index is -2.78. The van der Waals surface area contributed by atoms with Crippen molar-refractivity contribution in [2.45, 2.75) is 12.8 Å². The Morgan fingerprint density at radius 2 is 1.83 bits per heavy atom. The lowest BCUT2D eigenvalue weighted by molar-refractivity contribution is 0.601. The van der Waals surface area contributed by atoms with Crippen LogP contribution in [0.3, 0.4) is 0 Å². The van der Waals surface area contributed by atoms with Crippen LogP contribution in [-0.4, -0.2) is 34.0 Å². The van der Waals surface area contributed by atoms with Gasteiger partial charge in [0.2, 0.25) is 0 Å². The van der Waals surface area contributed by atoms with Crippen LogP contribution >= 0.6 is 0 Å². The van der Waals surface area contributed by atoms with E-state index in [9.17, 15) is 8.42 Å². The Morgan fingerprint density at radius 3 is 2.33 bits per heavy atom. The van der Waals surface area contributed by atoms with Gasteiger partial charge in [0.05, 0.1) is 5.75 Å². The highest BCUT2D eigenvalue weighted by Gasteiger charge is 1.97. The van der Waals surface area contributed by atoms with Gasteiger partial charge in [0, 0.05) is 6.26 Å². The van der Waals surface area contributed by atoms with Crippen molar-refractivity contribution in [2.24, 2.45) is 0 Å². The Morgan fingerprint density at radius 1 is 1.25 bits per heavy atom. The van der Waals surface area contributed by atoms with Crippen LogP contribution in [0.25, 0.3) is 0 Å². The first-order valence-electron chi connectivity index (χ1n) is 4.03. The van der Waals surface area contributed by atoms with Crippen molar-refractivity contribution in [1.29, 1.82) is 0 Å². The molecule has 12 heavy (non-hydrogen) atoms. The molecule has 3 nitrogen and oxygen atoms in total. The van der Waals surface area contributed by atoms with E-state index in [0.29, 0.717) is 6.42 Å². The minimum absolute atomic E-state index is 0.253. The number of rotatable bonds is 6. The second-order valence-corrected chi connectivity index (χ2v) is 5.04. The summed E-state index contributed by atoms with van der Waals surface area (Å²) in [6, 6.07) is 0. The van der Waals surface area contributed by atoms with Gasteiger partial charge in [0.1, 0.15) is 9.84 Å². The second kappa shape index (κ2) is 6.20. The third kappa shape index (κ3) is 9.65. The average Bonchev–Trinajstić information content (AvgIpc) is 1.94. The normalized spacial score (nSPS) is 12.5. The quantitative estimate of drug-likeness (QED) is 0.493. The molecule has 0 spiro atoms. The molecule has 0 aromatic heterocycles. The van der Waals surface area contributed by atoms with Crippen LogP contribution < -0.4 is 5.32 Å². The van der Waals surface area contributed by atoms with E-state index in [0.717, 1.165) is 13.0 Å². The third-order valence-electron chi connectivity index (χ3n) is 1.38. The van der Waals surface area contributed by atoms with Crippen molar-refractivity contribution in [3.63, 3.8) is 0 Å². The maximum absolute atomic E-state index is 10.7. The lowest BCUT2D eigenvalue weighted by Crippen LogP contribution is -2.06. The second-order valence-electron chi connectivity index (χ2n) is 2.78. The third-order valence-corrected chi connectivity index (χ3v) is 2.36. The van der Waals surface area contributed by atoms with Crippen LogP contribution in [0.5, 0.6) is 0 Å². The Bertz CT molecular complexity index is 219. The number of hydrogen-bond donors (Lipinski definition) is 1. The molecule has 0 saturated carbocycles. The number of nitrogens with one attached hydrogen (secondary N) is 1. The van der Waals surface area contributed by atoms with Crippen LogP contribution in [0.1, 0.15) is 12.8 Å². The first-order chi connectivity index (χ1) is 5.56. The molecule has 0 radical (unpaired) electrons. The number of hydrogen-bond acceptors (Lipinski definition) is 3. The summed E-state index contributed by atoms with van der Waals surface area (Å²) in [7, 11) is -0.891. The van der Waals surface area contributed by atoms with Crippen molar-refractivity contribution >= 4 is 9.84 Å². The molecule has 0 aliphatic heterocycles. The van der Waals surface area contributed by atoms with Gasteiger partial charge in [-0.15, -0.1) is 0 Å². The zero-order valence-corrected chi connectivity index (χ0v) is 8.52. The van der Waals surface area contributed by atoms with Gasteiger partial charge in [-0.05, 0) is 26.4 Å². The zero-order chi connectivity index (χ0) is 9.45. The molecule has 4 heteroatoms. The molecule has 0 aliphatic carbocycles. The summed E-state index contributed by atoms with van der Waals surface area (Å²) in [5.41, 5.74) is 0. The smallest absolute Gasteiger partial charge is 0.147 e. The lowest BCUT2D eigenvalue weighted by atomic mass is 10.3. The summed E-state index contributed by atoms with van der Waals surface area (Å²) in [6.07, 6.45) is 6.76. The van der Waals surface area contributed by atoms with Crippen LogP contribution in [0.4, 0.5) is 0 Å². The molecule has 0 aromatic carbocycles. The van der Waals surface area contributed by atoms with E-state index < -0.39 is 9.84 Å². The Balaban J connectivity index is 3.37. The van der Waals surface area contributed by atoms with Gasteiger partial charge in [0.25, 0.3) is 0 Å². The fourth-order valence-corrected chi connectivity index (χ4v) is 1.31. The van der Waals surface area contributed by atoms with Crippen molar-refractivity contribution in [3.05, 3.63) is 12.2 Å². The monoisotopic (exact) mass is 191 g/mol. The van der Waals surface area contributed by atoms with E-state index in [1.165, 1.54) is 6.26 Å².